The highest BCUT2D eigenvalue weighted by Gasteiger charge is 2.13. The third kappa shape index (κ3) is 8.53. The van der Waals surface area contributed by atoms with E-state index in [9.17, 15) is 4.79 Å². The average molecular weight is 444 g/mol. The van der Waals surface area contributed by atoms with Crippen LogP contribution < -0.4 is 9.80 Å². The van der Waals surface area contributed by atoms with E-state index in [1.54, 1.807) is 0 Å². The minimum atomic E-state index is -0.00167. The van der Waals surface area contributed by atoms with Crippen LogP contribution in [0.1, 0.15) is 12.5 Å². The largest absolute Gasteiger partial charge is 0.369 e. The van der Waals surface area contributed by atoms with Crippen molar-refractivity contribution in [2.45, 2.75) is 13.5 Å². The summed E-state index contributed by atoms with van der Waals surface area (Å²) in [4.78, 5) is 15.4. The first kappa shape index (κ1) is 23.6. The van der Waals surface area contributed by atoms with Crippen molar-refractivity contribution in [3.8, 4) is 0 Å². The Morgan fingerprint density at radius 2 is 1.27 bits per heavy atom. The fraction of sp³-hybridized carbons (Fsp3) is 0.611. The number of anilines is 2. The van der Waals surface area contributed by atoms with Gasteiger partial charge in [-0.05, 0) is 30.7 Å². The van der Waals surface area contributed by atoms with Crippen molar-refractivity contribution in [1.82, 2.24) is 0 Å². The zero-order chi connectivity index (χ0) is 19.4. The number of Topliss-reactive ketones (excluding diaryl/α,β-unsaturated/α-hetero) is 1. The summed E-state index contributed by atoms with van der Waals surface area (Å²) in [6.07, 6.45) is 0. The number of carbonyl (C=O) groups excluding carboxylic acids is 1. The van der Waals surface area contributed by atoms with E-state index in [0.29, 0.717) is 56.3 Å². The number of benzene rings is 1. The normalized spacial score (nSPS) is 10.8. The molecule has 0 aliphatic heterocycles. The predicted molar refractivity (Wildman–Crippen MR) is 114 cm³/mol. The topological polar surface area (TPSA) is 32.8 Å². The maximum Gasteiger partial charge on any atom is 0.155 e. The summed E-state index contributed by atoms with van der Waals surface area (Å²) in [5, 5.41) is 0. The highest BCUT2D eigenvalue weighted by molar-refractivity contribution is 6.19. The van der Waals surface area contributed by atoms with Gasteiger partial charge in [-0.25, -0.2) is 0 Å². The van der Waals surface area contributed by atoms with Gasteiger partial charge in [-0.2, -0.15) is 0 Å². The molecule has 0 aliphatic rings. The minimum absolute atomic E-state index is 0.00167. The molecule has 0 spiro atoms. The molecule has 0 N–H and O–H groups in total. The molecule has 148 valence electrons. The van der Waals surface area contributed by atoms with Crippen molar-refractivity contribution < 1.29 is 9.53 Å². The van der Waals surface area contributed by atoms with E-state index in [-0.39, 0.29) is 12.4 Å². The van der Waals surface area contributed by atoms with Crippen molar-refractivity contribution >= 4 is 63.6 Å². The van der Waals surface area contributed by atoms with Gasteiger partial charge in [0.25, 0.3) is 0 Å². The highest BCUT2D eigenvalue weighted by Crippen LogP contribution is 2.26. The van der Waals surface area contributed by atoms with Crippen LogP contribution in [0.4, 0.5) is 11.4 Å². The number of hydrogen-bond donors (Lipinski definition) is 0. The number of rotatable bonds is 14. The molecule has 1 aromatic carbocycles. The summed E-state index contributed by atoms with van der Waals surface area (Å²) in [6.45, 7) is 4.72. The maximum absolute atomic E-state index is 11.1. The molecule has 0 radical (unpaired) electrons. The monoisotopic (exact) mass is 442 g/mol. The van der Waals surface area contributed by atoms with Crippen LogP contribution in [0.3, 0.4) is 0 Å². The molecule has 0 fully saturated rings. The number of halogens is 4. The Morgan fingerprint density at radius 1 is 0.846 bits per heavy atom. The lowest BCUT2D eigenvalue weighted by Crippen LogP contribution is -2.30. The lowest BCUT2D eigenvalue weighted by atomic mass is 10.1. The third-order valence-electron chi connectivity index (χ3n) is 3.68. The molecule has 0 aromatic heterocycles. The highest BCUT2D eigenvalue weighted by atomic mass is 35.5. The molecule has 0 heterocycles. The Labute approximate surface area is 176 Å². The van der Waals surface area contributed by atoms with Crippen LogP contribution in [0.15, 0.2) is 18.2 Å². The van der Waals surface area contributed by atoms with Gasteiger partial charge < -0.3 is 14.5 Å². The van der Waals surface area contributed by atoms with Crippen LogP contribution in [-0.4, -0.2) is 62.1 Å². The number of ether oxygens (including phenoxy) is 1. The van der Waals surface area contributed by atoms with Crippen LogP contribution in [0.2, 0.25) is 0 Å². The van der Waals surface area contributed by atoms with Gasteiger partial charge in [0.2, 0.25) is 0 Å². The summed E-state index contributed by atoms with van der Waals surface area (Å²) in [5.41, 5.74) is 3.00. The van der Waals surface area contributed by atoms with Crippen molar-refractivity contribution in [1.29, 1.82) is 0 Å². The molecule has 0 bridgehead atoms. The van der Waals surface area contributed by atoms with Gasteiger partial charge in [-0.3, -0.25) is 4.79 Å². The van der Waals surface area contributed by atoms with Crippen molar-refractivity contribution in [2.24, 2.45) is 0 Å². The van der Waals surface area contributed by atoms with E-state index >= 15 is 0 Å². The average Bonchev–Trinajstić information content (AvgIpc) is 2.61. The number of alkyl halides is 4. The zero-order valence-corrected chi connectivity index (χ0v) is 18.0. The van der Waals surface area contributed by atoms with Gasteiger partial charge in [-0.1, -0.05) is 0 Å². The summed E-state index contributed by atoms with van der Waals surface area (Å²) in [6, 6.07) is 6.18. The van der Waals surface area contributed by atoms with Crippen LogP contribution >= 0.6 is 46.4 Å². The molecule has 26 heavy (non-hydrogen) atoms. The molecule has 0 amide bonds. The Bertz CT molecular complexity index is 500. The number of carbonyl (C=O) groups is 1. The summed E-state index contributed by atoms with van der Waals surface area (Å²) < 4.78 is 5.50. The fourth-order valence-electron chi connectivity index (χ4n) is 2.57. The molecular weight excluding hydrogens is 418 g/mol. The van der Waals surface area contributed by atoms with Crippen LogP contribution in [0, 0.1) is 0 Å². The second kappa shape index (κ2) is 13.7. The molecule has 8 heteroatoms. The lowest BCUT2D eigenvalue weighted by Gasteiger charge is -2.28. The van der Waals surface area contributed by atoms with E-state index in [4.69, 9.17) is 51.1 Å². The van der Waals surface area contributed by atoms with E-state index in [0.717, 1.165) is 16.9 Å². The standard InChI is InChI=1S/C18H26Cl4N2O2/c1-15(25)13-26-14-16-10-17(23(6-2-19)7-3-20)12-18(11-16)24(8-4-21)9-5-22/h10-12H,2-9,13-14H2,1H3. The smallest absolute Gasteiger partial charge is 0.155 e. The van der Waals surface area contributed by atoms with Crippen LogP contribution in [-0.2, 0) is 16.1 Å². The number of ketones is 1. The molecule has 1 aromatic rings. The Balaban J connectivity index is 3.16. The Kier molecular flexibility index (Phi) is 12.5. The van der Waals surface area contributed by atoms with Gasteiger partial charge in [-0.15, -0.1) is 46.4 Å². The van der Waals surface area contributed by atoms with Crippen LogP contribution in [0.25, 0.3) is 0 Å². The first-order valence-corrected chi connectivity index (χ1v) is 10.6. The quantitative estimate of drug-likeness (QED) is 0.400. The van der Waals surface area contributed by atoms with Crippen molar-refractivity contribution in [3.63, 3.8) is 0 Å². The van der Waals surface area contributed by atoms with Gasteiger partial charge in [0.15, 0.2) is 5.78 Å². The first-order valence-electron chi connectivity index (χ1n) is 8.50. The maximum atomic E-state index is 11.1. The van der Waals surface area contributed by atoms with E-state index in [1.165, 1.54) is 6.92 Å². The second-order valence-corrected chi connectivity index (χ2v) is 7.29. The van der Waals surface area contributed by atoms with Gasteiger partial charge in [0, 0.05) is 61.1 Å². The molecule has 4 nitrogen and oxygen atoms in total. The molecule has 1 rings (SSSR count). The minimum Gasteiger partial charge on any atom is -0.369 e. The third-order valence-corrected chi connectivity index (χ3v) is 4.36. The molecule has 0 saturated heterocycles. The van der Waals surface area contributed by atoms with Crippen LogP contribution in [0.5, 0.6) is 0 Å². The predicted octanol–water partition coefficient (Wildman–Crippen LogP) is 4.36. The van der Waals surface area contributed by atoms with E-state index < -0.39 is 0 Å². The van der Waals surface area contributed by atoms with Crippen molar-refractivity contribution in [3.05, 3.63) is 23.8 Å². The summed E-state index contributed by atoms with van der Waals surface area (Å²) in [7, 11) is 0. The molecule has 0 atom stereocenters. The molecular formula is C18H26Cl4N2O2. The van der Waals surface area contributed by atoms with Gasteiger partial charge in [0.1, 0.15) is 6.61 Å². The number of nitrogens with zero attached hydrogens (tertiary/aromatic N) is 2. The van der Waals surface area contributed by atoms with E-state index in [1.807, 2.05) is 12.1 Å². The first-order chi connectivity index (χ1) is 12.5. The molecule has 0 aliphatic carbocycles. The van der Waals surface area contributed by atoms with E-state index in [2.05, 4.69) is 15.9 Å². The Morgan fingerprint density at radius 3 is 1.62 bits per heavy atom. The SMILES string of the molecule is CC(=O)COCc1cc(N(CCCl)CCCl)cc(N(CCCl)CCCl)c1. The zero-order valence-electron chi connectivity index (χ0n) is 15.0. The molecule has 0 unspecified atom stereocenters. The summed E-state index contributed by atoms with van der Waals surface area (Å²) in [5.74, 6) is 2.02. The van der Waals surface area contributed by atoms with Crippen molar-refractivity contribution in [2.75, 3.05) is 66.1 Å². The Hall–Kier alpha value is -0.390. The lowest BCUT2D eigenvalue weighted by molar-refractivity contribution is -0.121. The second-order valence-electron chi connectivity index (χ2n) is 5.78. The summed E-state index contributed by atoms with van der Waals surface area (Å²) >= 11 is 23.8. The number of hydrogen-bond acceptors (Lipinski definition) is 4. The fourth-order valence-corrected chi connectivity index (χ4v) is 3.38. The molecule has 0 saturated carbocycles. The van der Waals surface area contributed by atoms with Gasteiger partial charge in [0.05, 0.1) is 6.61 Å². The van der Waals surface area contributed by atoms with Gasteiger partial charge >= 0.3 is 0 Å².